The Morgan fingerprint density at radius 1 is 1.10 bits per heavy atom. The Bertz CT molecular complexity index is 875. The van der Waals surface area contributed by atoms with Gasteiger partial charge in [0, 0.05) is 39.0 Å². The Morgan fingerprint density at radius 3 is 2.32 bits per heavy atom. The molecule has 8 heteroatoms. The van der Waals surface area contributed by atoms with Gasteiger partial charge in [-0.3, -0.25) is 14.4 Å². The molecule has 1 aliphatic heterocycles. The van der Waals surface area contributed by atoms with E-state index >= 15 is 0 Å². The highest BCUT2D eigenvalue weighted by molar-refractivity contribution is 5.68. The molecule has 1 saturated heterocycles. The zero-order valence-electron chi connectivity index (χ0n) is 18.5. The van der Waals surface area contributed by atoms with Crippen molar-refractivity contribution < 1.29 is 38.4 Å². The zero-order chi connectivity index (χ0) is 22.7. The molecule has 8 atom stereocenters. The molecule has 3 fully saturated rings. The number of hydrogen-bond donors (Lipinski definition) is 1. The summed E-state index contributed by atoms with van der Waals surface area (Å²) < 4.78 is 23.2. The predicted octanol–water partition coefficient (Wildman–Crippen LogP) is 1.84. The molecule has 0 bridgehead atoms. The second kappa shape index (κ2) is 7.45. The Kier molecular flexibility index (Phi) is 5.29. The van der Waals surface area contributed by atoms with Crippen LogP contribution in [0.4, 0.5) is 0 Å². The third kappa shape index (κ3) is 3.31. The average molecular weight is 434 g/mol. The second-order valence-electron chi connectivity index (χ2n) is 9.43. The number of carbonyl (C=O) groups excluding carboxylic acids is 3. The molecular weight excluding hydrogens is 404 g/mol. The monoisotopic (exact) mass is 434 g/mol. The molecule has 0 unspecified atom stereocenters. The first-order chi connectivity index (χ1) is 14.5. The van der Waals surface area contributed by atoms with Crippen LogP contribution in [0, 0.1) is 17.3 Å². The molecule has 0 aromatic heterocycles. The molecule has 4 rings (SSSR count). The smallest absolute Gasteiger partial charge is 0.303 e. The van der Waals surface area contributed by atoms with Crippen LogP contribution in [-0.2, 0) is 33.3 Å². The van der Waals surface area contributed by atoms with Gasteiger partial charge in [-0.15, -0.1) is 0 Å². The van der Waals surface area contributed by atoms with Gasteiger partial charge >= 0.3 is 17.9 Å². The first kappa shape index (κ1) is 22.0. The molecule has 0 spiro atoms. The molecular formula is C23H30O8. The van der Waals surface area contributed by atoms with E-state index in [1.807, 2.05) is 26.0 Å². The number of ether oxygens (including phenoxy) is 4. The number of fused-ring (bicyclic) bond motifs is 4. The van der Waals surface area contributed by atoms with Crippen molar-refractivity contribution in [1.29, 1.82) is 0 Å². The van der Waals surface area contributed by atoms with E-state index in [4.69, 9.17) is 18.9 Å². The van der Waals surface area contributed by atoms with E-state index in [0.717, 1.165) is 11.1 Å². The summed E-state index contributed by atoms with van der Waals surface area (Å²) in [4.78, 5) is 36.2. The van der Waals surface area contributed by atoms with Gasteiger partial charge in [-0.25, -0.2) is 0 Å². The fraction of sp³-hybridized carbons (Fsp3) is 0.696. The standard InChI is InChI=1S/C23H30O8/c1-11-16-8-19(29-12(2)24)22(5)18(7-15(16)6-17(11)27)23(31-14(4)26)10-28-21(23)9-20(22)30-13(3)25/h7-8,11,17-21,27H,6,9-10H2,1-5H3/t11-,17-,18-,19-,20-,21+,22+,23+/m0/s1. The quantitative estimate of drug-likeness (QED) is 0.530. The highest BCUT2D eigenvalue weighted by Crippen LogP contribution is 2.60. The van der Waals surface area contributed by atoms with Crippen LogP contribution in [0.15, 0.2) is 23.3 Å². The van der Waals surface area contributed by atoms with Gasteiger partial charge in [0.15, 0.2) is 5.60 Å². The van der Waals surface area contributed by atoms with Gasteiger partial charge in [0.05, 0.1) is 18.1 Å². The van der Waals surface area contributed by atoms with Crippen molar-refractivity contribution in [2.45, 2.75) is 77.5 Å². The Morgan fingerprint density at radius 2 is 1.77 bits per heavy atom. The van der Waals surface area contributed by atoms with E-state index in [-0.39, 0.29) is 12.5 Å². The summed E-state index contributed by atoms with van der Waals surface area (Å²) in [6, 6.07) is 0. The lowest BCUT2D eigenvalue weighted by Gasteiger charge is -2.62. The maximum absolute atomic E-state index is 12.1. The number of rotatable bonds is 3. The van der Waals surface area contributed by atoms with E-state index in [1.165, 1.54) is 20.8 Å². The zero-order valence-corrected chi connectivity index (χ0v) is 18.5. The highest BCUT2D eigenvalue weighted by Gasteiger charge is 2.70. The lowest BCUT2D eigenvalue weighted by molar-refractivity contribution is -0.321. The summed E-state index contributed by atoms with van der Waals surface area (Å²) in [5, 5.41) is 10.5. The van der Waals surface area contributed by atoms with Gasteiger partial charge in [0.2, 0.25) is 0 Å². The van der Waals surface area contributed by atoms with E-state index in [1.54, 1.807) is 0 Å². The van der Waals surface area contributed by atoms with Crippen molar-refractivity contribution in [3.63, 3.8) is 0 Å². The van der Waals surface area contributed by atoms with E-state index in [0.29, 0.717) is 12.8 Å². The number of hydrogen-bond acceptors (Lipinski definition) is 8. The van der Waals surface area contributed by atoms with Gasteiger partial charge in [-0.1, -0.05) is 19.9 Å². The fourth-order valence-corrected chi connectivity index (χ4v) is 5.91. The van der Waals surface area contributed by atoms with Crippen molar-refractivity contribution >= 4 is 17.9 Å². The van der Waals surface area contributed by atoms with E-state index in [9.17, 15) is 19.5 Å². The second-order valence-corrected chi connectivity index (χ2v) is 9.43. The maximum Gasteiger partial charge on any atom is 0.303 e. The van der Waals surface area contributed by atoms with Crippen molar-refractivity contribution in [3.05, 3.63) is 23.3 Å². The highest BCUT2D eigenvalue weighted by atomic mass is 16.6. The minimum Gasteiger partial charge on any atom is -0.462 e. The number of carbonyl (C=O) groups is 3. The van der Waals surface area contributed by atoms with Crippen LogP contribution in [0.1, 0.15) is 47.5 Å². The molecule has 1 heterocycles. The van der Waals surface area contributed by atoms with Gasteiger partial charge in [-0.2, -0.15) is 0 Å². The number of esters is 3. The molecule has 0 aromatic rings. The summed E-state index contributed by atoms with van der Waals surface area (Å²) in [6.07, 6.45) is 2.31. The molecule has 1 N–H and O–H groups in total. The summed E-state index contributed by atoms with van der Waals surface area (Å²) in [5.74, 6) is -1.93. The molecule has 4 aliphatic rings. The van der Waals surface area contributed by atoms with Gasteiger partial charge in [0.25, 0.3) is 0 Å². The lowest BCUT2D eigenvalue weighted by atomic mass is 9.54. The minimum absolute atomic E-state index is 0.140. The van der Waals surface area contributed by atoms with Crippen LogP contribution in [0.3, 0.4) is 0 Å². The van der Waals surface area contributed by atoms with Gasteiger partial charge in [0.1, 0.15) is 18.3 Å². The predicted molar refractivity (Wildman–Crippen MR) is 108 cm³/mol. The molecule has 31 heavy (non-hydrogen) atoms. The van der Waals surface area contributed by atoms with Crippen LogP contribution < -0.4 is 0 Å². The van der Waals surface area contributed by atoms with E-state index < -0.39 is 59.3 Å². The van der Waals surface area contributed by atoms with Crippen molar-refractivity contribution in [1.82, 2.24) is 0 Å². The van der Waals surface area contributed by atoms with Gasteiger partial charge in [-0.05, 0) is 23.6 Å². The fourth-order valence-electron chi connectivity index (χ4n) is 5.91. The maximum atomic E-state index is 12.1. The van der Waals surface area contributed by atoms with Crippen LogP contribution in [0.5, 0.6) is 0 Å². The molecule has 2 saturated carbocycles. The van der Waals surface area contributed by atoms with Crippen LogP contribution in [0.2, 0.25) is 0 Å². The first-order valence-corrected chi connectivity index (χ1v) is 10.8. The molecule has 8 nitrogen and oxygen atoms in total. The van der Waals surface area contributed by atoms with Crippen molar-refractivity contribution in [3.8, 4) is 0 Å². The largest absolute Gasteiger partial charge is 0.462 e. The molecule has 0 amide bonds. The molecule has 3 aliphatic carbocycles. The minimum atomic E-state index is -0.956. The third-order valence-corrected chi connectivity index (χ3v) is 7.49. The Balaban J connectivity index is 1.91. The summed E-state index contributed by atoms with van der Waals surface area (Å²) in [5.41, 5.74) is -0.0117. The summed E-state index contributed by atoms with van der Waals surface area (Å²) in [6.45, 7) is 8.08. The van der Waals surface area contributed by atoms with E-state index in [2.05, 4.69) is 0 Å². The lowest BCUT2D eigenvalue weighted by Crippen LogP contribution is -2.75. The molecule has 170 valence electrons. The van der Waals surface area contributed by atoms with Crippen LogP contribution in [-0.4, -0.2) is 59.6 Å². The average Bonchev–Trinajstić information content (AvgIpc) is 2.83. The number of aliphatic hydroxyl groups excluding tert-OH is 1. The summed E-state index contributed by atoms with van der Waals surface area (Å²) >= 11 is 0. The van der Waals surface area contributed by atoms with Gasteiger partial charge < -0.3 is 24.1 Å². The summed E-state index contributed by atoms with van der Waals surface area (Å²) in [7, 11) is 0. The molecule has 0 radical (unpaired) electrons. The number of aliphatic hydroxyl groups is 1. The Labute approximate surface area is 181 Å². The first-order valence-electron chi connectivity index (χ1n) is 10.8. The molecule has 0 aromatic carbocycles. The SMILES string of the molecule is CC(=O)O[C@H]1C=C2C(=C[C@@H]3[C@]4(OC(C)=O)CO[C@@H]4C[C@H](OC(C)=O)[C@@]13C)C[C@H](O)[C@H]2C. The Hall–Kier alpha value is -2.19. The van der Waals surface area contributed by atoms with Crippen LogP contribution >= 0.6 is 0 Å². The van der Waals surface area contributed by atoms with Crippen molar-refractivity contribution in [2.75, 3.05) is 6.61 Å². The third-order valence-electron chi connectivity index (χ3n) is 7.49. The topological polar surface area (TPSA) is 108 Å². The van der Waals surface area contributed by atoms with Crippen LogP contribution in [0.25, 0.3) is 0 Å². The normalized spacial score (nSPS) is 43.0. The van der Waals surface area contributed by atoms with Crippen molar-refractivity contribution in [2.24, 2.45) is 17.3 Å².